The van der Waals surface area contributed by atoms with Crippen molar-refractivity contribution in [1.29, 1.82) is 0 Å². The lowest BCUT2D eigenvalue weighted by atomic mass is 10.00. The number of nitrogens with zero attached hydrogens (tertiary/aromatic N) is 4. The average Bonchev–Trinajstić information content (AvgIpc) is 3.07. The number of rotatable bonds is 6. The van der Waals surface area contributed by atoms with Gasteiger partial charge in [0.05, 0.1) is 25.4 Å². The molecule has 1 aliphatic heterocycles. The summed E-state index contributed by atoms with van der Waals surface area (Å²) in [6.45, 7) is 8.11. The molecule has 2 aromatic heterocycles. The van der Waals surface area contributed by atoms with Crippen LogP contribution in [0, 0.1) is 10.7 Å². The van der Waals surface area contributed by atoms with Gasteiger partial charge in [-0.25, -0.2) is 0 Å². The van der Waals surface area contributed by atoms with Crippen molar-refractivity contribution >= 4 is 12.2 Å². The number of nitrogens with one attached hydrogen (secondary N) is 1. The Morgan fingerprint density at radius 3 is 2.45 bits per heavy atom. The normalized spacial score (nSPS) is 19.2. The van der Waals surface area contributed by atoms with Gasteiger partial charge in [-0.15, -0.1) is 5.10 Å². The van der Waals surface area contributed by atoms with Crippen LogP contribution in [0.4, 0.5) is 0 Å². The monoisotopic (exact) mass is 410 g/mol. The van der Waals surface area contributed by atoms with Crippen molar-refractivity contribution in [3.63, 3.8) is 0 Å². The molecule has 29 heavy (non-hydrogen) atoms. The molecule has 3 aromatic rings. The van der Waals surface area contributed by atoms with E-state index in [4.69, 9.17) is 22.1 Å². The van der Waals surface area contributed by atoms with Crippen molar-refractivity contribution in [2.75, 3.05) is 19.7 Å². The van der Waals surface area contributed by atoms with Crippen LogP contribution in [0.15, 0.2) is 48.8 Å². The second kappa shape index (κ2) is 8.88. The summed E-state index contributed by atoms with van der Waals surface area (Å²) in [6, 6.07) is 12.0. The Bertz CT molecular complexity index is 988. The number of quaternary nitrogens is 1. The fraction of sp³-hybridized carbons (Fsp3) is 0.409. The molecular formula is C22H28N5OS+. The number of pyridine rings is 1. The van der Waals surface area contributed by atoms with Gasteiger partial charge in [-0.2, -0.15) is 4.68 Å². The van der Waals surface area contributed by atoms with Crippen LogP contribution in [0.2, 0.25) is 0 Å². The number of benzene rings is 1. The second-order valence-corrected chi connectivity index (χ2v) is 8.06. The van der Waals surface area contributed by atoms with E-state index in [0.717, 1.165) is 35.4 Å². The van der Waals surface area contributed by atoms with E-state index in [1.54, 1.807) is 12.4 Å². The SMILES string of the molecule is CCOc1ccc(-n2c(-c3ccncc3)nn(C[NH+]3CCC(C)CC3)c2=S)cc1. The summed E-state index contributed by atoms with van der Waals surface area (Å²) in [6.07, 6.45) is 6.10. The zero-order chi connectivity index (χ0) is 20.2. The molecule has 0 atom stereocenters. The summed E-state index contributed by atoms with van der Waals surface area (Å²) < 4.78 is 10.3. The van der Waals surface area contributed by atoms with Crippen LogP contribution in [0.5, 0.6) is 5.75 Å². The van der Waals surface area contributed by atoms with E-state index in [2.05, 4.69) is 11.9 Å². The lowest BCUT2D eigenvalue weighted by Crippen LogP contribution is -3.12. The molecule has 0 bridgehead atoms. The Labute approximate surface area is 176 Å². The first-order valence-corrected chi connectivity index (χ1v) is 10.7. The summed E-state index contributed by atoms with van der Waals surface area (Å²) in [4.78, 5) is 5.68. The van der Waals surface area contributed by atoms with Gasteiger partial charge in [0.25, 0.3) is 0 Å². The van der Waals surface area contributed by atoms with E-state index in [1.807, 2.05) is 52.6 Å². The molecule has 1 fully saturated rings. The van der Waals surface area contributed by atoms with Crippen molar-refractivity contribution in [3.05, 3.63) is 53.6 Å². The van der Waals surface area contributed by atoms with E-state index in [-0.39, 0.29) is 0 Å². The summed E-state index contributed by atoms with van der Waals surface area (Å²) in [7, 11) is 0. The second-order valence-electron chi connectivity index (χ2n) is 7.69. The molecule has 6 nitrogen and oxygen atoms in total. The molecule has 152 valence electrons. The number of aromatic nitrogens is 4. The molecule has 0 saturated carbocycles. The van der Waals surface area contributed by atoms with Gasteiger partial charge in [0.2, 0.25) is 4.77 Å². The van der Waals surface area contributed by atoms with E-state index in [1.165, 1.54) is 30.8 Å². The molecule has 4 rings (SSSR count). The van der Waals surface area contributed by atoms with Gasteiger partial charge in [-0.1, -0.05) is 6.92 Å². The van der Waals surface area contributed by atoms with E-state index in [9.17, 15) is 0 Å². The Balaban J connectivity index is 1.72. The van der Waals surface area contributed by atoms with Gasteiger partial charge in [0.1, 0.15) is 5.75 Å². The molecule has 3 heterocycles. The maximum Gasteiger partial charge on any atom is 0.207 e. The fourth-order valence-corrected chi connectivity index (χ4v) is 4.13. The fourth-order valence-electron chi connectivity index (χ4n) is 3.83. The van der Waals surface area contributed by atoms with Crippen LogP contribution < -0.4 is 9.64 Å². The zero-order valence-corrected chi connectivity index (χ0v) is 17.9. The number of piperidine rings is 1. The van der Waals surface area contributed by atoms with Crippen molar-refractivity contribution < 1.29 is 9.64 Å². The molecule has 1 aromatic carbocycles. The van der Waals surface area contributed by atoms with E-state index >= 15 is 0 Å². The Morgan fingerprint density at radius 1 is 1.10 bits per heavy atom. The summed E-state index contributed by atoms with van der Waals surface area (Å²) in [5.74, 6) is 2.51. The first kappa shape index (κ1) is 19.8. The third kappa shape index (κ3) is 4.41. The topological polar surface area (TPSA) is 49.3 Å². The molecule has 1 aliphatic rings. The van der Waals surface area contributed by atoms with Gasteiger partial charge in [-0.3, -0.25) is 9.55 Å². The van der Waals surface area contributed by atoms with Crippen LogP contribution in [0.1, 0.15) is 26.7 Å². The maximum atomic E-state index is 5.87. The Hall–Kier alpha value is -2.51. The third-order valence-corrected chi connectivity index (χ3v) is 5.93. The van der Waals surface area contributed by atoms with Crippen LogP contribution in [0.25, 0.3) is 17.1 Å². The first-order valence-electron chi connectivity index (χ1n) is 10.3. The highest BCUT2D eigenvalue weighted by atomic mass is 32.1. The van der Waals surface area contributed by atoms with Gasteiger partial charge in [0.15, 0.2) is 12.5 Å². The summed E-state index contributed by atoms with van der Waals surface area (Å²) in [5, 5.41) is 4.92. The first-order chi connectivity index (χ1) is 14.2. The van der Waals surface area contributed by atoms with Crippen molar-refractivity contribution in [3.8, 4) is 22.8 Å². The number of hydrogen-bond acceptors (Lipinski definition) is 4. The Kier molecular flexibility index (Phi) is 6.06. The zero-order valence-electron chi connectivity index (χ0n) is 17.0. The predicted octanol–water partition coefficient (Wildman–Crippen LogP) is 3.14. The molecule has 1 N–H and O–H groups in total. The van der Waals surface area contributed by atoms with Gasteiger partial charge < -0.3 is 9.64 Å². The van der Waals surface area contributed by atoms with Crippen molar-refractivity contribution in [2.45, 2.75) is 33.4 Å². The minimum absolute atomic E-state index is 0.649. The lowest BCUT2D eigenvalue weighted by Gasteiger charge is -2.26. The molecule has 0 spiro atoms. The highest BCUT2D eigenvalue weighted by Crippen LogP contribution is 2.23. The van der Waals surface area contributed by atoms with Crippen molar-refractivity contribution in [2.24, 2.45) is 5.92 Å². The van der Waals surface area contributed by atoms with Crippen LogP contribution in [-0.4, -0.2) is 39.0 Å². The molecule has 7 heteroatoms. The van der Waals surface area contributed by atoms with Gasteiger partial charge in [-0.05, 0) is 74.3 Å². The van der Waals surface area contributed by atoms with Crippen LogP contribution in [0.3, 0.4) is 0 Å². The third-order valence-electron chi connectivity index (χ3n) is 5.54. The summed E-state index contributed by atoms with van der Waals surface area (Å²) >= 11 is 5.87. The smallest absolute Gasteiger partial charge is 0.207 e. The minimum atomic E-state index is 0.649. The van der Waals surface area contributed by atoms with E-state index in [0.29, 0.717) is 11.4 Å². The largest absolute Gasteiger partial charge is 0.494 e. The maximum absolute atomic E-state index is 5.87. The van der Waals surface area contributed by atoms with Gasteiger partial charge in [0, 0.05) is 18.0 Å². The number of ether oxygens (including phenoxy) is 1. The standard InChI is InChI=1S/C22H27N5OS/c1-3-28-20-6-4-19(5-7-20)27-21(18-8-12-23-13-9-18)24-26(22(27)29)16-25-14-10-17(2)11-15-25/h4-9,12-13,17H,3,10-11,14-16H2,1-2H3/p+1. The number of likely N-dealkylation sites (tertiary alicyclic amines) is 1. The molecule has 0 aliphatic carbocycles. The molecule has 0 radical (unpaired) electrons. The molecular weight excluding hydrogens is 382 g/mol. The minimum Gasteiger partial charge on any atom is -0.494 e. The predicted molar refractivity (Wildman–Crippen MR) is 116 cm³/mol. The number of hydrogen-bond donors (Lipinski definition) is 1. The lowest BCUT2D eigenvalue weighted by molar-refractivity contribution is -0.929. The quantitative estimate of drug-likeness (QED) is 0.635. The van der Waals surface area contributed by atoms with Crippen LogP contribution >= 0.6 is 12.2 Å². The highest BCUT2D eigenvalue weighted by Gasteiger charge is 2.22. The molecule has 0 unspecified atom stereocenters. The van der Waals surface area contributed by atoms with Crippen molar-refractivity contribution in [1.82, 2.24) is 19.3 Å². The van der Waals surface area contributed by atoms with Gasteiger partial charge >= 0.3 is 0 Å². The molecule has 0 amide bonds. The van der Waals surface area contributed by atoms with E-state index < -0.39 is 0 Å². The molecule has 1 saturated heterocycles. The average molecular weight is 411 g/mol. The summed E-state index contributed by atoms with van der Waals surface area (Å²) in [5.41, 5.74) is 1.99. The highest BCUT2D eigenvalue weighted by molar-refractivity contribution is 7.71. The Morgan fingerprint density at radius 2 is 1.79 bits per heavy atom. The van der Waals surface area contributed by atoms with Crippen LogP contribution in [-0.2, 0) is 6.67 Å².